The van der Waals surface area contributed by atoms with Gasteiger partial charge in [0.2, 0.25) is 0 Å². The van der Waals surface area contributed by atoms with Gasteiger partial charge in [-0.1, -0.05) is 5.57 Å². The van der Waals surface area contributed by atoms with Crippen LogP contribution in [-0.4, -0.2) is 6.04 Å². The lowest BCUT2D eigenvalue weighted by Gasteiger charge is -2.20. The Bertz CT molecular complexity index is 343. The molecule has 1 unspecified atom stereocenters. The first-order valence-electron chi connectivity index (χ1n) is 4.93. The van der Waals surface area contributed by atoms with Crippen molar-refractivity contribution in [2.24, 2.45) is 5.73 Å². The molecule has 0 aromatic carbocycles. The van der Waals surface area contributed by atoms with Crippen LogP contribution < -0.4 is 5.73 Å². The Balaban J connectivity index is 2.09. The topological polar surface area (TPSA) is 26.0 Å². The molecular formula is C11H14BrNS. The summed E-state index contributed by atoms with van der Waals surface area (Å²) in [7, 11) is 0. The molecule has 2 rings (SSSR count). The molecule has 2 N–H and O–H groups in total. The van der Waals surface area contributed by atoms with Crippen LogP contribution in [0.1, 0.15) is 30.6 Å². The summed E-state index contributed by atoms with van der Waals surface area (Å²) >= 11 is 5.25. The summed E-state index contributed by atoms with van der Waals surface area (Å²) in [6.45, 7) is 0. The van der Waals surface area contributed by atoms with Crippen LogP contribution in [0.25, 0.3) is 6.08 Å². The zero-order chi connectivity index (χ0) is 9.97. The molecule has 1 heterocycles. The SMILES string of the molecule is NC1CCCC(=Cc2cc(Br)cs2)C1. The van der Waals surface area contributed by atoms with E-state index in [1.54, 1.807) is 11.3 Å². The lowest BCUT2D eigenvalue weighted by atomic mass is 9.91. The molecule has 1 aliphatic carbocycles. The van der Waals surface area contributed by atoms with Crippen LogP contribution in [0.4, 0.5) is 0 Å². The second-order valence-corrected chi connectivity index (χ2v) is 5.68. The monoisotopic (exact) mass is 271 g/mol. The summed E-state index contributed by atoms with van der Waals surface area (Å²) < 4.78 is 1.18. The molecule has 1 aromatic heterocycles. The molecule has 0 amide bonds. The number of thiophene rings is 1. The van der Waals surface area contributed by atoms with Crippen molar-refractivity contribution in [3.05, 3.63) is 26.4 Å². The zero-order valence-corrected chi connectivity index (χ0v) is 10.4. The average molecular weight is 272 g/mol. The third-order valence-corrected chi connectivity index (χ3v) is 4.17. The lowest BCUT2D eigenvalue weighted by molar-refractivity contribution is 0.520. The minimum atomic E-state index is 0.387. The molecule has 0 aliphatic heterocycles. The van der Waals surface area contributed by atoms with E-state index in [0.29, 0.717) is 6.04 Å². The predicted molar refractivity (Wildman–Crippen MR) is 66.4 cm³/mol. The smallest absolute Gasteiger partial charge is 0.0288 e. The van der Waals surface area contributed by atoms with Crippen molar-refractivity contribution in [3.63, 3.8) is 0 Å². The fourth-order valence-electron chi connectivity index (χ4n) is 1.87. The van der Waals surface area contributed by atoms with Gasteiger partial charge >= 0.3 is 0 Å². The molecule has 0 saturated heterocycles. The molecule has 1 fully saturated rings. The minimum absolute atomic E-state index is 0.387. The molecule has 76 valence electrons. The van der Waals surface area contributed by atoms with E-state index in [9.17, 15) is 0 Å². The maximum atomic E-state index is 5.94. The van der Waals surface area contributed by atoms with Gasteiger partial charge in [0.25, 0.3) is 0 Å². The summed E-state index contributed by atoms with van der Waals surface area (Å²) in [6, 6.07) is 2.55. The standard InChI is InChI=1S/C11H14BrNS/c12-9-6-11(14-7-9)5-8-2-1-3-10(13)4-8/h5-7,10H,1-4,13H2. The van der Waals surface area contributed by atoms with Crippen molar-refractivity contribution in [1.82, 2.24) is 0 Å². The van der Waals surface area contributed by atoms with Crippen molar-refractivity contribution in [1.29, 1.82) is 0 Å². The van der Waals surface area contributed by atoms with Crippen molar-refractivity contribution >= 4 is 33.3 Å². The van der Waals surface area contributed by atoms with Gasteiger partial charge in [0.05, 0.1) is 0 Å². The number of halogens is 1. The van der Waals surface area contributed by atoms with Gasteiger partial charge in [-0.25, -0.2) is 0 Å². The van der Waals surface area contributed by atoms with Crippen LogP contribution in [-0.2, 0) is 0 Å². The lowest BCUT2D eigenvalue weighted by Crippen LogP contribution is -2.23. The molecule has 14 heavy (non-hydrogen) atoms. The quantitative estimate of drug-likeness (QED) is 0.826. The maximum Gasteiger partial charge on any atom is 0.0288 e. The van der Waals surface area contributed by atoms with Crippen molar-refractivity contribution < 1.29 is 0 Å². The van der Waals surface area contributed by atoms with Crippen molar-refractivity contribution in [2.75, 3.05) is 0 Å². The largest absolute Gasteiger partial charge is 0.327 e. The fourth-order valence-corrected chi connectivity index (χ4v) is 3.29. The van der Waals surface area contributed by atoms with Crippen LogP contribution in [0.2, 0.25) is 0 Å². The second kappa shape index (κ2) is 4.60. The average Bonchev–Trinajstić information content (AvgIpc) is 2.51. The van der Waals surface area contributed by atoms with Gasteiger partial charge in [-0.15, -0.1) is 11.3 Å². The van der Waals surface area contributed by atoms with E-state index >= 15 is 0 Å². The molecule has 1 nitrogen and oxygen atoms in total. The Morgan fingerprint density at radius 2 is 2.43 bits per heavy atom. The highest BCUT2D eigenvalue weighted by Crippen LogP contribution is 2.27. The van der Waals surface area contributed by atoms with Gasteiger partial charge in [-0.2, -0.15) is 0 Å². The van der Waals surface area contributed by atoms with Gasteiger partial charge in [-0.3, -0.25) is 0 Å². The summed E-state index contributed by atoms with van der Waals surface area (Å²) in [5, 5.41) is 2.12. The summed E-state index contributed by atoms with van der Waals surface area (Å²) in [5.74, 6) is 0. The minimum Gasteiger partial charge on any atom is -0.327 e. The van der Waals surface area contributed by atoms with E-state index in [1.165, 1.54) is 34.2 Å². The zero-order valence-electron chi connectivity index (χ0n) is 8.00. The van der Waals surface area contributed by atoms with Gasteiger partial charge in [0.1, 0.15) is 0 Å². The van der Waals surface area contributed by atoms with E-state index in [2.05, 4.69) is 33.5 Å². The number of hydrogen-bond acceptors (Lipinski definition) is 2. The molecule has 1 atom stereocenters. The Morgan fingerprint density at radius 3 is 3.07 bits per heavy atom. The van der Waals surface area contributed by atoms with Crippen molar-refractivity contribution in [2.45, 2.75) is 31.7 Å². The number of hydrogen-bond donors (Lipinski definition) is 1. The Kier molecular flexibility index (Phi) is 3.42. The molecule has 1 saturated carbocycles. The number of rotatable bonds is 1. The Labute approximate surface area is 97.1 Å². The highest BCUT2D eigenvalue weighted by Gasteiger charge is 2.12. The third kappa shape index (κ3) is 2.69. The van der Waals surface area contributed by atoms with Gasteiger partial charge in [0, 0.05) is 20.8 Å². The van der Waals surface area contributed by atoms with E-state index in [4.69, 9.17) is 5.73 Å². The highest BCUT2D eigenvalue weighted by atomic mass is 79.9. The van der Waals surface area contributed by atoms with E-state index in [-0.39, 0.29) is 0 Å². The van der Waals surface area contributed by atoms with Gasteiger partial charge < -0.3 is 5.73 Å². The van der Waals surface area contributed by atoms with Gasteiger partial charge in [-0.05, 0) is 53.8 Å². The van der Waals surface area contributed by atoms with Crippen LogP contribution >= 0.6 is 27.3 Å². The fraction of sp³-hybridized carbons (Fsp3) is 0.455. The normalized spacial score (nSPS) is 25.6. The van der Waals surface area contributed by atoms with E-state index < -0.39 is 0 Å². The summed E-state index contributed by atoms with van der Waals surface area (Å²) in [4.78, 5) is 1.33. The van der Waals surface area contributed by atoms with E-state index in [1.807, 2.05) is 0 Å². The molecule has 1 aromatic rings. The third-order valence-electron chi connectivity index (χ3n) is 2.53. The highest BCUT2D eigenvalue weighted by molar-refractivity contribution is 9.10. The first-order chi connectivity index (χ1) is 6.74. The molecule has 3 heteroatoms. The molecule has 1 aliphatic rings. The molecule has 0 bridgehead atoms. The maximum absolute atomic E-state index is 5.94. The molecular weight excluding hydrogens is 258 g/mol. The van der Waals surface area contributed by atoms with Crippen LogP contribution in [0, 0.1) is 0 Å². The van der Waals surface area contributed by atoms with Gasteiger partial charge in [0.15, 0.2) is 0 Å². The second-order valence-electron chi connectivity index (χ2n) is 3.83. The Morgan fingerprint density at radius 1 is 1.57 bits per heavy atom. The van der Waals surface area contributed by atoms with Crippen LogP contribution in [0.15, 0.2) is 21.5 Å². The first-order valence-corrected chi connectivity index (χ1v) is 6.60. The van der Waals surface area contributed by atoms with Crippen LogP contribution in [0.5, 0.6) is 0 Å². The first kappa shape index (κ1) is 10.4. The number of nitrogens with two attached hydrogens (primary N) is 1. The van der Waals surface area contributed by atoms with Crippen LogP contribution in [0.3, 0.4) is 0 Å². The molecule has 0 radical (unpaired) electrons. The van der Waals surface area contributed by atoms with E-state index in [0.717, 1.165) is 6.42 Å². The van der Waals surface area contributed by atoms with Crippen molar-refractivity contribution in [3.8, 4) is 0 Å². The summed E-state index contributed by atoms with van der Waals surface area (Å²) in [5.41, 5.74) is 7.45. The Hall–Kier alpha value is -0.120. The molecule has 0 spiro atoms. The summed E-state index contributed by atoms with van der Waals surface area (Å²) in [6.07, 6.45) is 7.04. The predicted octanol–water partition coefficient (Wildman–Crippen LogP) is 3.80.